The Morgan fingerprint density at radius 1 is 0.800 bits per heavy atom. The van der Waals surface area contributed by atoms with Crippen LogP contribution in [0.1, 0.15) is 30.4 Å². The molecule has 1 N–H and O–H groups in total. The van der Waals surface area contributed by atoms with Crippen LogP contribution < -0.4 is 0 Å². The highest BCUT2D eigenvalue weighted by Gasteiger charge is 2.45. The standard InChI is InChI=1S/C34H31ClN4O/c35-32-15-24(8-11-29(32)33-3-1-2-12-36-33)31-18-38-34-30(31)14-25(17-37-34)23-5-4-21-6-9-26(10-7-22(21)13-23)39-27-16-28(39)20-40-19-27/h1-5,8,11-15,17-18,26-28H,6-7,9-10,16,19-20H2,(H,37,38)/t26-,27?,28?/m0/s1. The summed E-state index contributed by atoms with van der Waals surface area (Å²) in [6.45, 7) is 1.84. The van der Waals surface area contributed by atoms with E-state index in [0.717, 1.165) is 65.0 Å². The molecule has 6 heteroatoms. The molecule has 2 fully saturated rings. The van der Waals surface area contributed by atoms with E-state index in [1.165, 1.54) is 36.0 Å². The van der Waals surface area contributed by atoms with Gasteiger partial charge >= 0.3 is 0 Å². The lowest BCUT2D eigenvalue weighted by molar-refractivity contribution is -0.148. The first kappa shape index (κ1) is 24.3. The summed E-state index contributed by atoms with van der Waals surface area (Å²) >= 11 is 6.74. The number of aromatic nitrogens is 3. The minimum absolute atomic E-state index is 0.648. The van der Waals surface area contributed by atoms with Crippen molar-refractivity contribution in [2.75, 3.05) is 13.2 Å². The summed E-state index contributed by atoms with van der Waals surface area (Å²) in [4.78, 5) is 15.4. The van der Waals surface area contributed by atoms with Crippen molar-refractivity contribution < 1.29 is 4.74 Å². The van der Waals surface area contributed by atoms with Crippen molar-refractivity contribution in [3.8, 4) is 33.5 Å². The van der Waals surface area contributed by atoms with Crippen molar-refractivity contribution in [2.45, 2.75) is 50.2 Å². The second-order valence-corrected chi connectivity index (χ2v) is 11.9. The first-order valence-corrected chi connectivity index (χ1v) is 14.7. The predicted octanol–water partition coefficient (Wildman–Crippen LogP) is 7.33. The summed E-state index contributed by atoms with van der Waals surface area (Å²) in [7, 11) is 0. The van der Waals surface area contributed by atoms with Crippen LogP contribution in [0.5, 0.6) is 0 Å². The minimum Gasteiger partial charge on any atom is -0.378 e. The summed E-state index contributed by atoms with van der Waals surface area (Å²) in [6.07, 6.45) is 11.9. The summed E-state index contributed by atoms with van der Waals surface area (Å²) < 4.78 is 5.74. The van der Waals surface area contributed by atoms with E-state index < -0.39 is 0 Å². The van der Waals surface area contributed by atoms with Crippen LogP contribution in [0.4, 0.5) is 0 Å². The highest BCUT2D eigenvalue weighted by Crippen LogP contribution is 2.39. The molecule has 2 aliphatic heterocycles. The van der Waals surface area contributed by atoms with Crippen LogP contribution in [-0.2, 0) is 17.6 Å². The number of ether oxygens (including phenoxy) is 1. The summed E-state index contributed by atoms with van der Waals surface area (Å²) in [5.41, 5.74) is 10.2. The maximum absolute atomic E-state index is 6.74. The van der Waals surface area contributed by atoms with Crippen LogP contribution in [-0.4, -0.2) is 51.2 Å². The maximum atomic E-state index is 6.74. The van der Waals surface area contributed by atoms with E-state index >= 15 is 0 Å². The van der Waals surface area contributed by atoms with Gasteiger partial charge in [-0.1, -0.05) is 48.0 Å². The molecule has 3 aromatic heterocycles. The molecule has 3 atom stereocenters. The van der Waals surface area contributed by atoms with Gasteiger partial charge in [-0.05, 0) is 78.6 Å². The number of hydrogen-bond donors (Lipinski definition) is 1. The SMILES string of the molecule is Clc1cc(-c2c[nH]c3ncc(-c4ccc5c(c4)CC[C@@H](N4C6COCC4C6)CC5)cc23)ccc1-c1ccccn1. The molecule has 40 heavy (non-hydrogen) atoms. The number of halogens is 1. The van der Waals surface area contributed by atoms with Crippen molar-refractivity contribution in [3.63, 3.8) is 0 Å². The van der Waals surface area contributed by atoms with E-state index in [-0.39, 0.29) is 0 Å². The smallest absolute Gasteiger partial charge is 0.137 e. The van der Waals surface area contributed by atoms with Crippen LogP contribution in [0.15, 0.2) is 79.3 Å². The molecule has 0 saturated carbocycles. The largest absolute Gasteiger partial charge is 0.378 e. The summed E-state index contributed by atoms with van der Waals surface area (Å²) in [5.74, 6) is 0. The second kappa shape index (κ2) is 9.84. The van der Waals surface area contributed by atoms with Crippen molar-refractivity contribution in [1.29, 1.82) is 0 Å². The van der Waals surface area contributed by atoms with Crippen LogP contribution in [0.3, 0.4) is 0 Å². The number of nitrogens with zero attached hydrogens (tertiary/aromatic N) is 3. The van der Waals surface area contributed by atoms with Gasteiger partial charge in [0, 0.05) is 58.8 Å². The molecule has 3 aliphatic rings. The molecule has 2 aromatic carbocycles. The topological polar surface area (TPSA) is 54.0 Å². The van der Waals surface area contributed by atoms with Gasteiger partial charge in [-0.15, -0.1) is 0 Å². The minimum atomic E-state index is 0.648. The number of morpholine rings is 1. The number of rotatable bonds is 4. The molecule has 200 valence electrons. The van der Waals surface area contributed by atoms with E-state index in [2.05, 4.69) is 51.3 Å². The monoisotopic (exact) mass is 546 g/mol. The van der Waals surface area contributed by atoms with Crippen LogP contribution >= 0.6 is 11.6 Å². The summed E-state index contributed by atoms with van der Waals surface area (Å²) in [6, 6.07) is 23.3. The number of nitrogens with one attached hydrogen (secondary N) is 1. The summed E-state index contributed by atoms with van der Waals surface area (Å²) in [5, 5.41) is 1.79. The molecule has 5 nitrogen and oxygen atoms in total. The number of H-pyrrole nitrogens is 1. The Bertz CT molecular complexity index is 1700. The van der Waals surface area contributed by atoms with E-state index in [0.29, 0.717) is 23.1 Å². The van der Waals surface area contributed by atoms with Gasteiger partial charge < -0.3 is 9.72 Å². The Morgan fingerprint density at radius 2 is 1.65 bits per heavy atom. The fraction of sp³-hybridized carbons (Fsp3) is 0.294. The third-order valence-corrected chi connectivity index (χ3v) is 9.53. The van der Waals surface area contributed by atoms with E-state index in [1.54, 1.807) is 6.20 Å². The Kier molecular flexibility index (Phi) is 5.98. The van der Waals surface area contributed by atoms with Crippen molar-refractivity contribution >= 4 is 22.6 Å². The molecule has 0 amide bonds. The third-order valence-electron chi connectivity index (χ3n) is 9.21. The van der Waals surface area contributed by atoms with Crippen molar-refractivity contribution in [3.05, 3.63) is 95.4 Å². The quantitative estimate of drug-likeness (QED) is 0.240. The molecule has 2 saturated heterocycles. The van der Waals surface area contributed by atoms with Gasteiger partial charge in [0.05, 0.1) is 23.9 Å². The number of hydrogen-bond acceptors (Lipinski definition) is 4. The Balaban J connectivity index is 1.08. The molecular formula is C34H31ClN4O. The molecule has 5 aromatic rings. The molecule has 1 aliphatic carbocycles. The van der Waals surface area contributed by atoms with Crippen LogP contribution in [0.25, 0.3) is 44.5 Å². The zero-order chi connectivity index (χ0) is 26.6. The van der Waals surface area contributed by atoms with Crippen LogP contribution in [0.2, 0.25) is 5.02 Å². The molecule has 5 heterocycles. The number of aromatic amines is 1. The molecule has 0 spiro atoms. The lowest BCUT2D eigenvalue weighted by Crippen LogP contribution is -2.66. The van der Waals surface area contributed by atoms with Crippen molar-refractivity contribution in [2.24, 2.45) is 0 Å². The zero-order valence-corrected chi connectivity index (χ0v) is 23.1. The molecular weight excluding hydrogens is 516 g/mol. The number of fused-ring (bicyclic) bond motifs is 4. The van der Waals surface area contributed by atoms with Gasteiger partial charge in [0.2, 0.25) is 0 Å². The number of benzene rings is 2. The van der Waals surface area contributed by atoms with Gasteiger partial charge in [-0.25, -0.2) is 4.98 Å². The third kappa shape index (κ3) is 4.15. The van der Waals surface area contributed by atoms with Crippen LogP contribution in [0, 0.1) is 0 Å². The zero-order valence-electron chi connectivity index (χ0n) is 22.3. The van der Waals surface area contributed by atoms with Gasteiger partial charge in [0.1, 0.15) is 5.65 Å². The predicted molar refractivity (Wildman–Crippen MR) is 160 cm³/mol. The average Bonchev–Trinajstić information content (AvgIpc) is 3.32. The fourth-order valence-electron chi connectivity index (χ4n) is 7.14. The number of pyridine rings is 2. The first-order valence-electron chi connectivity index (χ1n) is 14.4. The molecule has 8 rings (SSSR count). The van der Waals surface area contributed by atoms with Crippen molar-refractivity contribution in [1.82, 2.24) is 19.9 Å². The Morgan fingerprint density at radius 3 is 2.45 bits per heavy atom. The highest BCUT2D eigenvalue weighted by molar-refractivity contribution is 6.33. The Labute approximate surface area is 239 Å². The Hall–Kier alpha value is -3.51. The molecule has 2 bridgehead atoms. The van der Waals surface area contributed by atoms with Gasteiger partial charge in [0.25, 0.3) is 0 Å². The van der Waals surface area contributed by atoms with Gasteiger partial charge in [0.15, 0.2) is 0 Å². The van der Waals surface area contributed by atoms with Gasteiger partial charge in [-0.2, -0.15) is 0 Å². The lowest BCUT2D eigenvalue weighted by Gasteiger charge is -2.56. The molecule has 2 unspecified atom stereocenters. The lowest BCUT2D eigenvalue weighted by atomic mass is 9.87. The van der Waals surface area contributed by atoms with Gasteiger partial charge in [-0.3, -0.25) is 9.88 Å². The van der Waals surface area contributed by atoms with E-state index in [9.17, 15) is 0 Å². The first-order chi connectivity index (χ1) is 19.7. The number of aryl methyl sites for hydroxylation is 2. The second-order valence-electron chi connectivity index (χ2n) is 11.5. The average molecular weight is 547 g/mol. The van der Waals surface area contributed by atoms with E-state index in [1.807, 2.05) is 36.7 Å². The maximum Gasteiger partial charge on any atom is 0.137 e. The highest BCUT2D eigenvalue weighted by atomic mass is 35.5. The van der Waals surface area contributed by atoms with E-state index in [4.69, 9.17) is 21.3 Å². The fourth-order valence-corrected chi connectivity index (χ4v) is 7.42. The normalized spacial score (nSPS) is 22.5. The molecule has 0 radical (unpaired) electrons.